The third kappa shape index (κ3) is 9.24. The molecule has 2 aromatic carbocycles. The van der Waals surface area contributed by atoms with Crippen molar-refractivity contribution in [3.63, 3.8) is 0 Å². The van der Waals surface area contributed by atoms with Gasteiger partial charge in [-0.1, -0.05) is 60.6 Å². The number of piperidine rings is 1. The Labute approximate surface area is 294 Å². The Hall–Kier alpha value is -2.74. The van der Waals surface area contributed by atoms with Crippen molar-refractivity contribution in [1.29, 1.82) is 0 Å². The lowest BCUT2D eigenvalue weighted by Gasteiger charge is -2.35. The number of amides is 3. The van der Waals surface area contributed by atoms with E-state index in [-0.39, 0.29) is 11.8 Å². The molecule has 1 atom stereocenters. The van der Waals surface area contributed by atoms with Gasteiger partial charge in [0, 0.05) is 47.1 Å². The van der Waals surface area contributed by atoms with E-state index < -0.39 is 17.7 Å². The van der Waals surface area contributed by atoms with Crippen LogP contribution in [0.4, 0.5) is 4.79 Å². The number of ether oxygens (including phenoxy) is 2. The topological polar surface area (TPSA) is 109 Å². The quantitative estimate of drug-likeness (QED) is 0.210. The van der Waals surface area contributed by atoms with E-state index in [9.17, 15) is 14.4 Å². The van der Waals surface area contributed by atoms with Gasteiger partial charge < -0.3 is 30.3 Å². The Kier molecular flexibility index (Phi) is 11.7. The first-order valence-electron chi connectivity index (χ1n) is 17.0. The lowest BCUT2D eigenvalue weighted by Crippen LogP contribution is -2.61. The predicted molar refractivity (Wildman–Crippen MR) is 193 cm³/mol. The molecule has 47 heavy (non-hydrogen) atoms. The second-order valence-electron chi connectivity index (χ2n) is 13.3. The number of rotatable bonds is 11. The molecule has 0 spiro atoms. The molecule has 0 bridgehead atoms. The molecule has 3 aliphatic rings. The fraction of sp³-hybridized carbons (Fsp3) is 0.528. The van der Waals surface area contributed by atoms with Crippen LogP contribution >= 0.6 is 33.9 Å². The van der Waals surface area contributed by atoms with Crippen molar-refractivity contribution < 1.29 is 23.9 Å². The number of likely N-dealkylation sites (tertiary alicyclic amines) is 1. The number of carbonyl (C=O) groups excluding carboxylic acids is 3. The lowest BCUT2D eigenvalue weighted by atomic mass is 9.93. The average Bonchev–Trinajstić information content (AvgIpc) is 3.72. The summed E-state index contributed by atoms with van der Waals surface area (Å²) in [5, 5.41) is 10.6. The summed E-state index contributed by atoms with van der Waals surface area (Å²) in [5.41, 5.74) is -0.169. The van der Waals surface area contributed by atoms with E-state index in [0.29, 0.717) is 36.8 Å². The van der Waals surface area contributed by atoms with Crippen molar-refractivity contribution in [3.05, 3.63) is 63.7 Å². The summed E-state index contributed by atoms with van der Waals surface area (Å²) in [6, 6.07) is 16.9. The summed E-state index contributed by atoms with van der Waals surface area (Å²) in [4.78, 5) is 43.4. The fourth-order valence-electron chi connectivity index (χ4n) is 7.12. The van der Waals surface area contributed by atoms with Crippen molar-refractivity contribution in [2.45, 2.75) is 69.4 Å². The van der Waals surface area contributed by atoms with Crippen molar-refractivity contribution in [2.75, 3.05) is 39.4 Å². The zero-order valence-electron chi connectivity index (χ0n) is 26.8. The van der Waals surface area contributed by atoms with E-state index in [4.69, 9.17) is 9.47 Å². The van der Waals surface area contributed by atoms with Crippen LogP contribution in [0.25, 0.3) is 10.1 Å². The molecule has 3 N–H and O–H groups in total. The van der Waals surface area contributed by atoms with Crippen LogP contribution in [0.1, 0.15) is 56.9 Å². The number of hydrogen-bond donors (Lipinski definition) is 3. The Bertz CT molecular complexity index is 1510. The Morgan fingerprint density at radius 3 is 2.47 bits per heavy atom. The average molecular weight is 773 g/mol. The molecule has 6 rings (SSSR count). The minimum Gasteiger partial charge on any atom is -0.399 e. The minimum absolute atomic E-state index is 0.192. The maximum absolute atomic E-state index is 14.0. The van der Waals surface area contributed by atoms with Crippen LogP contribution in [0.2, 0.25) is 0 Å². The van der Waals surface area contributed by atoms with Gasteiger partial charge >= 0.3 is 6.09 Å². The van der Waals surface area contributed by atoms with E-state index in [1.807, 2.05) is 54.6 Å². The van der Waals surface area contributed by atoms with Gasteiger partial charge in [0.15, 0.2) is 5.06 Å². The molecule has 2 aliphatic heterocycles. The third-order valence-electron chi connectivity index (χ3n) is 9.92. The fourth-order valence-corrected chi connectivity index (χ4v) is 8.77. The van der Waals surface area contributed by atoms with E-state index in [1.165, 1.54) is 11.3 Å². The van der Waals surface area contributed by atoms with Gasteiger partial charge in [-0.05, 0) is 109 Å². The van der Waals surface area contributed by atoms with Gasteiger partial charge in [0.2, 0.25) is 11.8 Å². The molecule has 11 heteroatoms. The molecule has 3 heterocycles. The molecule has 0 unspecified atom stereocenters. The number of hydrogen-bond acceptors (Lipinski definition) is 7. The van der Waals surface area contributed by atoms with Crippen LogP contribution in [0.3, 0.4) is 0 Å². The predicted octanol–water partition coefficient (Wildman–Crippen LogP) is 5.89. The molecule has 2 saturated heterocycles. The van der Waals surface area contributed by atoms with Gasteiger partial charge in [-0.3, -0.25) is 9.59 Å². The van der Waals surface area contributed by atoms with Gasteiger partial charge in [-0.25, -0.2) is 4.79 Å². The second-order valence-corrected chi connectivity index (χ2v) is 15.6. The zero-order valence-corrected chi connectivity index (χ0v) is 29.8. The van der Waals surface area contributed by atoms with Gasteiger partial charge in [-0.15, -0.1) is 0 Å². The number of benzene rings is 2. The first-order chi connectivity index (χ1) is 22.8. The summed E-state index contributed by atoms with van der Waals surface area (Å²) < 4.78 is 13.3. The molecular formula is C36H45IN4O5S. The van der Waals surface area contributed by atoms with Crippen LogP contribution < -0.4 is 20.7 Å². The molecule has 1 aromatic heterocycles. The van der Waals surface area contributed by atoms with Crippen molar-refractivity contribution in [2.24, 2.45) is 11.8 Å². The standard InChI is InChI=1S/C36H45IN4O5S/c37-29-9-8-28-21-32(47-31(28)22-29)46-35(44)40-36(14-4-5-15-36)34(43)39-30(20-25-6-2-1-3-7-25)33(42)38-23-26-10-16-41(17-11-26)24-27-12-18-45-19-13-27/h1-3,6-9,21-22,26-27,30H,4-5,10-20,23-24H2,(H,38,42)(H,39,43)(H,40,44)/t30-/m1/s1. The molecule has 9 nitrogen and oxygen atoms in total. The van der Waals surface area contributed by atoms with Crippen molar-refractivity contribution >= 4 is 61.9 Å². The maximum Gasteiger partial charge on any atom is 0.414 e. The minimum atomic E-state index is -1.13. The summed E-state index contributed by atoms with van der Waals surface area (Å²) in [6.07, 6.45) is 6.69. The molecule has 0 radical (unpaired) electrons. The van der Waals surface area contributed by atoms with Gasteiger partial charge in [0.25, 0.3) is 0 Å². The third-order valence-corrected chi connectivity index (χ3v) is 11.6. The Balaban J connectivity index is 1.06. The highest BCUT2D eigenvalue weighted by Gasteiger charge is 2.44. The Morgan fingerprint density at radius 1 is 0.979 bits per heavy atom. The number of halogens is 1. The maximum atomic E-state index is 14.0. The van der Waals surface area contributed by atoms with Gasteiger partial charge in [0.1, 0.15) is 11.6 Å². The second kappa shape index (κ2) is 16.1. The van der Waals surface area contributed by atoms with E-state index >= 15 is 0 Å². The summed E-state index contributed by atoms with van der Waals surface area (Å²) in [7, 11) is 0. The van der Waals surface area contributed by atoms with Crippen LogP contribution in [-0.2, 0) is 20.7 Å². The van der Waals surface area contributed by atoms with E-state index in [1.54, 1.807) is 0 Å². The molecule has 252 valence electrons. The summed E-state index contributed by atoms with van der Waals surface area (Å²) in [5.74, 6) is 0.604. The number of nitrogens with one attached hydrogen (secondary N) is 3. The number of fused-ring (bicyclic) bond motifs is 1. The Morgan fingerprint density at radius 2 is 1.72 bits per heavy atom. The molecule has 3 aromatic rings. The number of thiophene rings is 1. The van der Waals surface area contributed by atoms with Gasteiger partial charge in [-0.2, -0.15) is 0 Å². The molecule has 1 aliphatic carbocycles. The molecular weight excluding hydrogens is 727 g/mol. The van der Waals surface area contributed by atoms with Crippen LogP contribution in [0.5, 0.6) is 5.06 Å². The van der Waals surface area contributed by atoms with Crippen molar-refractivity contribution in [1.82, 2.24) is 20.9 Å². The smallest absolute Gasteiger partial charge is 0.399 e. The normalized spacial score (nSPS) is 19.7. The SMILES string of the molecule is O=C(NC1(C(=O)N[C@H](Cc2ccccc2)C(=O)NCC2CCN(CC3CCOCC3)CC2)CCCC1)Oc1cc2ccc(I)cc2s1. The molecule has 3 fully saturated rings. The van der Waals surface area contributed by atoms with Crippen LogP contribution in [0, 0.1) is 15.4 Å². The van der Waals surface area contributed by atoms with Crippen LogP contribution in [-0.4, -0.2) is 73.8 Å². The largest absolute Gasteiger partial charge is 0.414 e. The first-order valence-corrected chi connectivity index (χ1v) is 18.9. The first kappa shape index (κ1) is 34.1. The number of nitrogens with zero attached hydrogens (tertiary/aromatic N) is 1. The van der Waals surface area contributed by atoms with Crippen molar-refractivity contribution in [3.8, 4) is 5.06 Å². The van der Waals surface area contributed by atoms with Crippen LogP contribution in [0.15, 0.2) is 54.6 Å². The highest BCUT2D eigenvalue weighted by Crippen LogP contribution is 2.34. The monoisotopic (exact) mass is 772 g/mol. The summed E-state index contributed by atoms with van der Waals surface area (Å²) in [6.45, 7) is 5.58. The highest BCUT2D eigenvalue weighted by atomic mass is 127. The number of carbonyl (C=O) groups is 3. The van der Waals surface area contributed by atoms with E-state index in [0.717, 1.165) is 96.5 Å². The molecule has 3 amide bonds. The summed E-state index contributed by atoms with van der Waals surface area (Å²) >= 11 is 3.66. The highest BCUT2D eigenvalue weighted by molar-refractivity contribution is 14.1. The molecule has 1 saturated carbocycles. The zero-order chi connectivity index (χ0) is 32.6. The van der Waals surface area contributed by atoms with Gasteiger partial charge in [0.05, 0.1) is 0 Å². The lowest BCUT2D eigenvalue weighted by molar-refractivity contribution is -0.132. The van der Waals surface area contributed by atoms with E-state index in [2.05, 4.69) is 43.4 Å².